The lowest BCUT2D eigenvalue weighted by atomic mass is 10.1. The minimum absolute atomic E-state index is 0.0301. The first kappa shape index (κ1) is 30.2. The van der Waals surface area contributed by atoms with Crippen LogP contribution in [0.4, 0.5) is 11.8 Å². The first-order chi connectivity index (χ1) is 21.3. The number of phosphoric ester groups is 2. The Balaban J connectivity index is 1.17. The Kier molecular flexibility index (Phi) is 7.27. The number of anilines is 2. The number of hydrogen-bond donors (Lipinski definition) is 6. The molecule has 242 valence electrons. The molecule has 7 heterocycles. The molecule has 10 atom stereocenters. The van der Waals surface area contributed by atoms with Gasteiger partial charge in [0.15, 0.2) is 35.1 Å². The van der Waals surface area contributed by atoms with Crippen molar-refractivity contribution in [3.63, 3.8) is 0 Å². The number of hydrogen-bond acceptors (Lipinski definition) is 19. The van der Waals surface area contributed by atoms with Crippen molar-refractivity contribution in [2.24, 2.45) is 0 Å². The standard InChI is InChI=1S/C20H24N10O13P2/c21-14-8-15(24-3-23-14)29(4-25-8)18-10(31)12-6(40-18)1-38-45(36,37)43-13-7(2-39-44(34,35)42-12)41-19(11(13)32)30-5-26-9-16(30)27-20(22)28-17(9)33/h3-7,10-13,18-19,31-32H,1-2H2,(H,34,35)(H,36,37)(H2,21,23,24)(H3,22,27,28,33)/p-1/t6-,7-,10?,11+,12+,13?,18-,19-/m1/s1. The van der Waals surface area contributed by atoms with Crippen LogP contribution in [0.1, 0.15) is 12.5 Å². The molecular formula is C20H23N10O13P2-. The minimum Gasteiger partial charge on any atom is -0.756 e. The van der Waals surface area contributed by atoms with Crippen LogP contribution < -0.4 is 21.9 Å². The molecule has 3 aliphatic heterocycles. The summed E-state index contributed by atoms with van der Waals surface area (Å²) in [7, 11) is -10.4. The number of aromatic nitrogens is 8. The van der Waals surface area contributed by atoms with Gasteiger partial charge in [-0.2, -0.15) is 4.98 Å². The highest BCUT2D eigenvalue weighted by Gasteiger charge is 2.53. The number of imidazole rings is 2. The summed E-state index contributed by atoms with van der Waals surface area (Å²) in [6.45, 7) is -1.74. The number of H-pyrrole nitrogens is 1. The molecular weight excluding hydrogens is 650 g/mol. The molecule has 4 aromatic rings. The molecule has 0 radical (unpaired) electrons. The van der Waals surface area contributed by atoms with Crippen LogP contribution >= 0.6 is 15.6 Å². The van der Waals surface area contributed by atoms with Gasteiger partial charge in [-0.25, -0.2) is 24.5 Å². The quantitative estimate of drug-likeness (QED) is 0.116. The molecule has 0 aliphatic carbocycles. The van der Waals surface area contributed by atoms with Gasteiger partial charge in [0.05, 0.1) is 25.9 Å². The van der Waals surface area contributed by atoms with Gasteiger partial charge in [0.1, 0.15) is 48.5 Å². The van der Waals surface area contributed by atoms with Crippen LogP contribution in [-0.4, -0.2) is 104 Å². The summed E-state index contributed by atoms with van der Waals surface area (Å²) >= 11 is 0. The van der Waals surface area contributed by atoms with Crippen LogP contribution in [0.3, 0.4) is 0 Å². The first-order valence-corrected chi connectivity index (χ1v) is 15.9. The van der Waals surface area contributed by atoms with E-state index in [2.05, 4.69) is 29.9 Å². The number of nitrogen functional groups attached to an aromatic ring is 2. The molecule has 8 N–H and O–H groups in total. The van der Waals surface area contributed by atoms with Gasteiger partial charge in [0.2, 0.25) is 5.95 Å². The van der Waals surface area contributed by atoms with Gasteiger partial charge >= 0.3 is 7.82 Å². The number of nitrogens with one attached hydrogen (secondary N) is 1. The Morgan fingerprint density at radius 1 is 0.889 bits per heavy atom. The molecule has 0 saturated carbocycles. The third kappa shape index (κ3) is 5.31. The summed E-state index contributed by atoms with van der Waals surface area (Å²) in [4.78, 5) is 57.9. The van der Waals surface area contributed by atoms with Crippen LogP contribution in [0, 0.1) is 0 Å². The Hall–Kier alpha value is -3.44. The van der Waals surface area contributed by atoms with Crippen LogP contribution in [0.15, 0.2) is 23.8 Å². The number of aliphatic hydroxyl groups is 2. The highest BCUT2D eigenvalue weighted by molar-refractivity contribution is 7.47. The van der Waals surface area contributed by atoms with Crippen molar-refractivity contribution in [1.82, 2.24) is 39.0 Å². The summed E-state index contributed by atoms with van der Waals surface area (Å²) in [5.74, 6) is -0.248. The Labute approximate surface area is 248 Å². The molecule has 0 spiro atoms. The highest BCUT2D eigenvalue weighted by atomic mass is 31.2. The summed E-state index contributed by atoms with van der Waals surface area (Å²) in [5, 5.41) is 22.2. The van der Waals surface area contributed by atoms with Gasteiger partial charge in [-0.05, 0) is 0 Å². The lowest BCUT2D eigenvalue weighted by molar-refractivity contribution is -0.236. The Bertz CT molecular complexity index is 1940. The maximum absolute atomic E-state index is 13.1. The van der Waals surface area contributed by atoms with Crippen molar-refractivity contribution in [2.75, 3.05) is 24.7 Å². The summed E-state index contributed by atoms with van der Waals surface area (Å²) < 4.78 is 60.4. The number of fused-ring (bicyclic) bond motifs is 4. The van der Waals surface area contributed by atoms with Gasteiger partial charge in [0, 0.05) is 0 Å². The molecule has 0 bridgehead atoms. The molecule has 3 saturated heterocycles. The number of aromatic amines is 1. The number of rotatable bonds is 2. The SMILES string of the molecule is Nc1nc2c(ncn2[C@@H]2O[C@@H]3COP(=O)(O)O[C@@H]4C(O)[C@H](n5cnc6c(N)ncnc65)O[C@@H]4COP(=O)([O-])OC3[C@@H]2O)c(=O)[nH]1. The Morgan fingerprint density at radius 2 is 1.49 bits per heavy atom. The largest absolute Gasteiger partial charge is 0.756 e. The monoisotopic (exact) mass is 673 g/mol. The normalized spacial score (nSPS) is 37.7. The molecule has 3 aliphatic rings. The Morgan fingerprint density at radius 3 is 2.18 bits per heavy atom. The van der Waals surface area contributed by atoms with Crippen LogP contribution in [0.2, 0.25) is 0 Å². The third-order valence-corrected chi connectivity index (χ3v) is 9.26. The molecule has 0 amide bonds. The minimum atomic E-state index is -5.31. The van der Waals surface area contributed by atoms with Gasteiger partial charge in [-0.15, -0.1) is 0 Å². The zero-order chi connectivity index (χ0) is 31.8. The van der Waals surface area contributed by atoms with Crippen LogP contribution in [0.5, 0.6) is 0 Å². The molecule has 45 heavy (non-hydrogen) atoms. The third-order valence-electron chi connectivity index (χ3n) is 7.31. The second kappa shape index (κ2) is 10.8. The highest BCUT2D eigenvalue weighted by Crippen LogP contribution is 2.52. The number of ether oxygens (including phenoxy) is 2. The smallest absolute Gasteiger partial charge is 0.472 e. The summed E-state index contributed by atoms with van der Waals surface area (Å²) in [6, 6.07) is 0. The second-order valence-corrected chi connectivity index (χ2v) is 12.9. The average Bonchev–Trinajstić information content (AvgIpc) is 3.72. The van der Waals surface area contributed by atoms with Crippen molar-refractivity contribution in [1.29, 1.82) is 0 Å². The van der Waals surface area contributed by atoms with Crippen molar-refractivity contribution in [2.45, 2.75) is 49.1 Å². The van der Waals surface area contributed by atoms with Crippen molar-refractivity contribution in [3.05, 3.63) is 29.3 Å². The summed E-state index contributed by atoms with van der Waals surface area (Å²) in [5.41, 5.74) is 10.8. The second-order valence-electron chi connectivity index (χ2n) is 10.1. The van der Waals surface area contributed by atoms with E-state index in [9.17, 15) is 33.9 Å². The van der Waals surface area contributed by atoms with Crippen molar-refractivity contribution >= 4 is 49.7 Å². The fraction of sp³-hybridized carbons (Fsp3) is 0.500. The van der Waals surface area contributed by atoms with E-state index in [1.807, 2.05) is 0 Å². The molecule has 23 nitrogen and oxygen atoms in total. The zero-order valence-electron chi connectivity index (χ0n) is 22.4. The average molecular weight is 673 g/mol. The number of nitrogens with zero attached hydrogens (tertiary/aromatic N) is 7. The van der Waals surface area contributed by atoms with Gasteiger partial charge in [0.25, 0.3) is 13.4 Å². The van der Waals surface area contributed by atoms with Crippen molar-refractivity contribution in [3.8, 4) is 0 Å². The van der Waals surface area contributed by atoms with Crippen LogP contribution in [-0.2, 0) is 36.7 Å². The van der Waals surface area contributed by atoms with E-state index in [0.717, 1.165) is 17.2 Å². The maximum atomic E-state index is 13.1. The first-order valence-electron chi connectivity index (χ1n) is 12.9. The van der Waals surface area contributed by atoms with E-state index in [0.29, 0.717) is 0 Å². The molecule has 3 fully saturated rings. The molecule has 7 rings (SSSR count). The van der Waals surface area contributed by atoms with E-state index in [1.54, 1.807) is 0 Å². The maximum Gasteiger partial charge on any atom is 0.472 e. The predicted molar refractivity (Wildman–Crippen MR) is 141 cm³/mol. The number of nitrogens with two attached hydrogens (primary N) is 2. The fourth-order valence-corrected chi connectivity index (χ4v) is 7.22. The summed E-state index contributed by atoms with van der Waals surface area (Å²) in [6.07, 6.45) is -9.42. The lowest BCUT2D eigenvalue weighted by Crippen LogP contribution is -2.40. The number of aliphatic hydroxyl groups excluding tert-OH is 2. The van der Waals surface area contributed by atoms with E-state index in [4.69, 9.17) is 39.0 Å². The number of phosphoric acid groups is 2. The molecule has 25 heteroatoms. The van der Waals surface area contributed by atoms with E-state index in [1.165, 1.54) is 10.9 Å². The molecule has 0 aromatic carbocycles. The van der Waals surface area contributed by atoms with E-state index < -0.39 is 83.5 Å². The van der Waals surface area contributed by atoms with Gasteiger partial charge in [-0.3, -0.25) is 32.5 Å². The fourth-order valence-electron chi connectivity index (χ4n) is 5.31. The van der Waals surface area contributed by atoms with E-state index in [-0.39, 0.29) is 34.1 Å². The lowest BCUT2D eigenvalue weighted by Gasteiger charge is -2.32. The van der Waals surface area contributed by atoms with Crippen molar-refractivity contribution < 1.29 is 56.7 Å². The van der Waals surface area contributed by atoms with Gasteiger partial charge in [-0.1, -0.05) is 0 Å². The van der Waals surface area contributed by atoms with Gasteiger partial charge < -0.3 is 50.0 Å². The topological polar surface area (TPSA) is 332 Å². The predicted octanol–water partition coefficient (Wildman–Crippen LogP) is -2.97. The molecule has 4 aromatic heterocycles. The zero-order valence-corrected chi connectivity index (χ0v) is 24.2. The van der Waals surface area contributed by atoms with E-state index >= 15 is 0 Å². The molecule has 4 unspecified atom stereocenters. The van der Waals surface area contributed by atoms with Crippen LogP contribution in [0.25, 0.3) is 22.3 Å².